The number of ether oxygens (including phenoxy) is 1. The van der Waals surface area contributed by atoms with Crippen LogP contribution in [0.1, 0.15) is 48.4 Å². The van der Waals surface area contributed by atoms with E-state index < -0.39 is 22.5 Å². The molecule has 1 aromatic rings. The molecule has 26 heavy (non-hydrogen) atoms. The van der Waals surface area contributed by atoms with Crippen molar-refractivity contribution in [2.75, 3.05) is 19.7 Å². The van der Waals surface area contributed by atoms with Gasteiger partial charge in [-0.2, -0.15) is 0 Å². The van der Waals surface area contributed by atoms with Gasteiger partial charge in [0, 0.05) is 30.3 Å². The molecule has 0 atom stereocenters. The Hall–Kier alpha value is -2.97. The standard InChI is InChI=1S/C17H23N3O6/c1-5-19(10-15(21)18-11(3)4)16(22)12-7-13(17(23)26-6-2)9-14(8-12)20(24)25/h7-9,11H,5-6,10H2,1-4H3,(H,18,21). The summed E-state index contributed by atoms with van der Waals surface area (Å²) in [6.45, 7) is 7.01. The molecule has 0 saturated heterocycles. The number of carbonyl (C=O) groups excluding carboxylic acids is 3. The summed E-state index contributed by atoms with van der Waals surface area (Å²) in [5.74, 6) is -1.68. The van der Waals surface area contributed by atoms with E-state index in [1.807, 2.05) is 0 Å². The molecule has 0 aliphatic heterocycles. The van der Waals surface area contributed by atoms with Crippen molar-refractivity contribution in [2.24, 2.45) is 0 Å². The van der Waals surface area contributed by atoms with Gasteiger partial charge >= 0.3 is 5.97 Å². The Morgan fingerprint density at radius 1 is 1.19 bits per heavy atom. The third-order valence-corrected chi connectivity index (χ3v) is 3.34. The molecule has 0 radical (unpaired) electrons. The first kappa shape index (κ1) is 21.1. The van der Waals surface area contributed by atoms with Crippen LogP contribution in [0.15, 0.2) is 18.2 Å². The SMILES string of the molecule is CCOC(=O)c1cc(C(=O)N(CC)CC(=O)NC(C)C)cc([N+](=O)[O-])c1. The molecule has 0 unspecified atom stereocenters. The summed E-state index contributed by atoms with van der Waals surface area (Å²) in [4.78, 5) is 48.1. The number of hydrogen-bond acceptors (Lipinski definition) is 6. The van der Waals surface area contributed by atoms with Gasteiger partial charge in [0.05, 0.1) is 23.6 Å². The van der Waals surface area contributed by atoms with Gasteiger partial charge in [-0.3, -0.25) is 19.7 Å². The maximum absolute atomic E-state index is 12.7. The zero-order valence-electron chi connectivity index (χ0n) is 15.3. The first-order valence-corrected chi connectivity index (χ1v) is 8.24. The van der Waals surface area contributed by atoms with Gasteiger partial charge < -0.3 is 15.0 Å². The lowest BCUT2D eigenvalue weighted by molar-refractivity contribution is -0.384. The molecule has 0 aliphatic rings. The summed E-state index contributed by atoms with van der Waals surface area (Å²) < 4.78 is 4.84. The lowest BCUT2D eigenvalue weighted by Crippen LogP contribution is -2.42. The predicted octanol–water partition coefficient (Wildman–Crippen LogP) is 1.76. The van der Waals surface area contributed by atoms with Crippen molar-refractivity contribution in [1.29, 1.82) is 0 Å². The van der Waals surface area contributed by atoms with Crippen LogP contribution in [0.5, 0.6) is 0 Å². The minimum absolute atomic E-state index is 0.0542. The van der Waals surface area contributed by atoms with E-state index in [-0.39, 0.29) is 42.8 Å². The van der Waals surface area contributed by atoms with Crippen LogP contribution in [-0.4, -0.2) is 53.3 Å². The van der Waals surface area contributed by atoms with Gasteiger partial charge in [0.2, 0.25) is 5.91 Å². The Morgan fingerprint density at radius 2 is 1.81 bits per heavy atom. The van der Waals surface area contributed by atoms with Crippen molar-refractivity contribution in [3.05, 3.63) is 39.4 Å². The lowest BCUT2D eigenvalue weighted by Gasteiger charge is -2.21. The molecule has 142 valence electrons. The van der Waals surface area contributed by atoms with Crippen LogP contribution in [0.3, 0.4) is 0 Å². The van der Waals surface area contributed by atoms with E-state index in [4.69, 9.17) is 4.74 Å². The number of nitrogens with one attached hydrogen (secondary N) is 1. The number of hydrogen-bond donors (Lipinski definition) is 1. The number of nitro benzene ring substituents is 1. The molecule has 2 amide bonds. The molecule has 9 nitrogen and oxygen atoms in total. The average molecular weight is 365 g/mol. The summed E-state index contributed by atoms with van der Waals surface area (Å²) in [6.07, 6.45) is 0. The minimum Gasteiger partial charge on any atom is -0.462 e. The Balaban J connectivity index is 3.17. The summed E-state index contributed by atoms with van der Waals surface area (Å²) in [5.41, 5.74) is -0.546. The van der Waals surface area contributed by atoms with E-state index in [1.165, 1.54) is 11.0 Å². The smallest absolute Gasteiger partial charge is 0.338 e. The van der Waals surface area contributed by atoms with Crippen LogP contribution in [0.2, 0.25) is 0 Å². The number of likely N-dealkylation sites (N-methyl/N-ethyl adjacent to an activating group) is 1. The largest absolute Gasteiger partial charge is 0.462 e. The number of amides is 2. The Labute approximate surface area is 151 Å². The highest BCUT2D eigenvalue weighted by atomic mass is 16.6. The molecule has 0 spiro atoms. The summed E-state index contributed by atoms with van der Waals surface area (Å²) in [6, 6.07) is 3.28. The molecular formula is C17H23N3O6. The van der Waals surface area contributed by atoms with E-state index in [0.29, 0.717) is 0 Å². The second kappa shape index (κ2) is 9.50. The van der Waals surface area contributed by atoms with Gasteiger partial charge in [0.15, 0.2) is 0 Å². The Bertz CT molecular complexity index is 702. The number of nitro groups is 1. The molecule has 1 N–H and O–H groups in total. The number of rotatable bonds is 8. The molecule has 0 fully saturated rings. The van der Waals surface area contributed by atoms with Crippen LogP contribution >= 0.6 is 0 Å². The highest BCUT2D eigenvalue weighted by molar-refractivity contribution is 6.00. The molecule has 0 aromatic heterocycles. The second-order valence-electron chi connectivity index (χ2n) is 5.79. The predicted molar refractivity (Wildman–Crippen MR) is 93.9 cm³/mol. The molecule has 1 aromatic carbocycles. The van der Waals surface area contributed by atoms with Crippen LogP contribution in [-0.2, 0) is 9.53 Å². The molecule has 9 heteroatoms. The zero-order valence-corrected chi connectivity index (χ0v) is 15.3. The normalized spacial score (nSPS) is 10.3. The van der Waals surface area contributed by atoms with Crippen molar-refractivity contribution >= 4 is 23.5 Å². The third kappa shape index (κ3) is 5.83. The number of benzene rings is 1. The highest BCUT2D eigenvalue weighted by Gasteiger charge is 2.23. The maximum Gasteiger partial charge on any atom is 0.338 e. The third-order valence-electron chi connectivity index (χ3n) is 3.34. The van der Waals surface area contributed by atoms with Crippen molar-refractivity contribution in [3.8, 4) is 0 Å². The van der Waals surface area contributed by atoms with Crippen molar-refractivity contribution in [3.63, 3.8) is 0 Å². The average Bonchev–Trinajstić information content (AvgIpc) is 2.58. The van der Waals surface area contributed by atoms with Crippen LogP contribution in [0, 0.1) is 10.1 Å². The van der Waals surface area contributed by atoms with E-state index in [2.05, 4.69) is 5.32 Å². The van der Waals surface area contributed by atoms with E-state index in [0.717, 1.165) is 12.1 Å². The van der Waals surface area contributed by atoms with Gasteiger partial charge in [0.25, 0.3) is 11.6 Å². The quantitative estimate of drug-likeness (QED) is 0.426. The topological polar surface area (TPSA) is 119 Å². The summed E-state index contributed by atoms with van der Waals surface area (Å²) >= 11 is 0. The van der Waals surface area contributed by atoms with E-state index >= 15 is 0 Å². The maximum atomic E-state index is 12.7. The van der Waals surface area contributed by atoms with Gasteiger partial charge in [-0.05, 0) is 33.8 Å². The molecule has 1 rings (SSSR count). The lowest BCUT2D eigenvalue weighted by atomic mass is 10.1. The van der Waals surface area contributed by atoms with Gasteiger partial charge in [-0.1, -0.05) is 0 Å². The monoisotopic (exact) mass is 365 g/mol. The van der Waals surface area contributed by atoms with Gasteiger partial charge in [-0.25, -0.2) is 4.79 Å². The molecule has 0 bridgehead atoms. The number of esters is 1. The van der Waals surface area contributed by atoms with Gasteiger partial charge in [-0.15, -0.1) is 0 Å². The Kier molecular flexibility index (Phi) is 7.70. The second-order valence-corrected chi connectivity index (χ2v) is 5.79. The fourth-order valence-corrected chi connectivity index (χ4v) is 2.22. The fraction of sp³-hybridized carbons (Fsp3) is 0.471. The molecule has 0 saturated carbocycles. The Morgan fingerprint density at radius 3 is 2.31 bits per heavy atom. The van der Waals surface area contributed by atoms with Crippen molar-refractivity contribution in [1.82, 2.24) is 10.2 Å². The minimum atomic E-state index is -0.758. The van der Waals surface area contributed by atoms with Crippen LogP contribution in [0.25, 0.3) is 0 Å². The van der Waals surface area contributed by atoms with Gasteiger partial charge in [0.1, 0.15) is 0 Å². The van der Waals surface area contributed by atoms with Crippen LogP contribution in [0.4, 0.5) is 5.69 Å². The van der Waals surface area contributed by atoms with E-state index in [9.17, 15) is 24.5 Å². The molecule has 0 aliphatic carbocycles. The number of non-ortho nitro benzene ring substituents is 1. The number of carbonyl (C=O) groups is 3. The molecule has 0 heterocycles. The highest BCUT2D eigenvalue weighted by Crippen LogP contribution is 2.19. The van der Waals surface area contributed by atoms with Crippen molar-refractivity contribution < 1.29 is 24.0 Å². The van der Waals surface area contributed by atoms with E-state index in [1.54, 1.807) is 27.7 Å². The van der Waals surface area contributed by atoms with Crippen molar-refractivity contribution in [2.45, 2.75) is 33.7 Å². The first-order valence-electron chi connectivity index (χ1n) is 8.24. The molecular weight excluding hydrogens is 342 g/mol. The number of nitrogens with zero attached hydrogens (tertiary/aromatic N) is 2. The zero-order chi connectivity index (χ0) is 19.9. The first-order chi connectivity index (χ1) is 12.2. The summed E-state index contributed by atoms with van der Waals surface area (Å²) in [5, 5.41) is 13.8. The fourth-order valence-electron chi connectivity index (χ4n) is 2.22. The van der Waals surface area contributed by atoms with Crippen LogP contribution < -0.4 is 5.32 Å². The summed E-state index contributed by atoms with van der Waals surface area (Å²) in [7, 11) is 0.